The second-order valence-corrected chi connectivity index (χ2v) is 6.88. The Balaban J connectivity index is 2.31. The van der Waals surface area contributed by atoms with E-state index in [1.54, 1.807) is 0 Å². The van der Waals surface area contributed by atoms with Crippen molar-refractivity contribution in [2.75, 3.05) is 12.3 Å². The molecule has 0 aromatic rings. The fourth-order valence-corrected chi connectivity index (χ4v) is 3.36. The summed E-state index contributed by atoms with van der Waals surface area (Å²) in [5, 5.41) is 8.44. The topological polar surface area (TPSA) is 83.5 Å². The summed E-state index contributed by atoms with van der Waals surface area (Å²) in [5.41, 5.74) is 0. The number of carboxylic acids is 1. The number of hydrogen-bond acceptors (Lipinski definition) is 3. The molecule has 5 nitrogen and oxygen atoms in total. The summed E-state index contributed by atoms with van der Waals surface area (Å²) in [5.74, 6) is -0.345. The molecule has 2 N–H and O–H groups in total. The van der Waals surface area contributed by atoms with Gasteiger partial charge in [0.05, 0.1) is 12.2 Å². The quantitative estimate of drug-likeness (QED) is 0.754. The summed E-state index contributed by atoms with van der Waals surface area (Å²) in [6, 6.07) is 0. The molecular weight excluding hydrogens is 242 g/mol. The van der Waals surface area contributed by atoms with E-state index in [1.807, 2.05) is 0 Å². The van der Waals surface area contributed by atoms with Crippen LogP contribution in [0.4, 0.5) is 0 Å². The SMILES string of the molecule is CC1CCCC(CNS(=O)(=O)CCC(=O)O)C1. The molecular formula is C11H21NO4S. The molecule has 1 fully saturated rings. The van der Waals surface area contributed by atoms with Gasteiger partial charge in [-0.1, -0.05) is 19.8 Å². The Kier molecular flexibility index (Phi) is 5.39. The van der Waals surface area contributed by atoms with Crippen LogP contribution in [-0.4, -0.2) is 31.8 Å². The molecule has 1 aliphatic carbocycles. The number of nitrogens with one attached hydrogen (secondary N) is 1. The summed E-state index contributed by atoms with van der Waals surface area (Å²) in [6.07, 6.45) is 4.16. The first-order chi connectivity index (χ1) is 7.89. The minimum Gasteiger partial charge on any atom is -0.481 e. The third kappa shape index (κ3) is 6.02. The van der Waals surface area contributed by atoms with Crippen molar-refractivity contribution < 1.29 is 18.3 Å². The van der Waals surface area contributed by atoms with E-state index >= 15 is 0 Å². The monoisotopic (exact) mass is 263 g/mol. The molecule has 0 aliphatic heterocycles. The molecule has 2 atom stereocenters. The first-order valence-corrected chi connectivity index (χ1v) is 7.73. The van der Waals surface area contributed by atoms with E-state index < -0.39 is 16.0 Å². The predicted molar refractivity (Wildman–Crippen MR) is 65.2 cm³/mol. The van der Waals surface area contributed by atoms with Crippen molar-refractivity contribution in [1.29, 1.82) is 0 Å². The lowest BCUT2D eigenvalue weighted by molar-refractivity contribution is -0.136. The highest BCUT2D eigenvalue weighted by atomic mass is 32.2. The molecule has 0 heterocycles. The highest BCUT2D eigenvalue weighted by molar-refractivity contribution is 7.89. The van der Waals surface area contributed by atoms with Crippen molar-refractivity contribution in [2.24, 2.45) is 11.8 Å². The van der Waals surface area contributed by atoms with Gasteiger partial charge < -0.3 is 5.11 Å². The number of carboxylic acid groups (broad SMARTS) is 1. The number of hydrogen-bond donors (Lipinski definition) is 2. The van der Waals surface area contributed by atoms with Gasteiger partial charge in [-0.3, -0.25) is 4.79 Å². The van der Waals surface area contributed by atoms with Crippen LogP contribution >= 0.6 is 0 Å². The highest BCUT2D eigenvalue weighted by Crippen LogP contribution is 2.27. The number of aliphatic carboxylic acids is 1. The van der Waals surface area contributed by atoms with E-state index in [0.717, 1.165) is 19.3 Å². The van der Waals surface area contributed by atoms with Gasteiger partial charge >= 0.3 is 5.97 Å². The highest BCUT2D eigenvalue weighted by Gasteiger charge is 2.21. The second kappa shape index (κ2) is 6.35. The van der Waals surface area contributed by atoms with E-state index in [1.165, 1.54) is 6.42 Å². The molecule has 0 amide bonds. The zero-order valence-electron chi connectivity index (χ0n) is 10.2. The first-order valence-electron chi connectivity index (χ1n) is 6.08. The summed E-state index contributed by atoms with van der Waals surface area (Å²) >= 11 is 0. The molecule has 0 bridgehead atoms. The van der Waals surface area contributed by atoms with Gasteiger partial charge in [0.25, 0.3) is 0 Å². The molecule has 1 aliphatic rings. The van der Waals surface area contributed by atoms with Crippen LogP contribution in [0.15, 0.2) is 0 Å². The number of carbonyl (C=O) groups is 1. The van der Waals surface area contributed by atoms with Crippen molar-refractivity contribution in [3.05, 3.63) is 0 Å². The van der Waals surface area contributed by atoms with Gasteiger partial charge in [-0.2, -0.15) is 0 Å². The van der Waals surface area contributed by atoms with E-state index in [2.05, 4.69) is 11.6 Å². The van der Waals surface area contributed by atoms with Crippen LogP contribution in [0.25, 0.3) is 0 Å². The fraction of sp³-hybridized carbons (Fsp3) is 0.909. The molecule has 1 rings (SSSR count). The smallest absolute Gasteiger partial charge is 0.304 e. The number of rotatable bonds is 6. The third-order valence-corrected chi connectivity index (χ3v) is 4.57. The molecule has 0 aromatic heterocycles. The Labute approximate surface area is 103 Å². The zero-order valence-corrected chi connectivity index (χ0v) is 11.0. The van der Waals surface area contributed by atoms with Crippen LogP contribution in [0.2, 0.25) is 0 Å². The summed E-state index contributed by atoms with van der Waals surface area (Å²) in [7, 11) is -3.42. The van der Waals surface area contributed by atoms with Gasteiger partial charge in [-0.25, -0.2) is 13.1 Å². The van der Waals surface area contributed by atoms with Gasteiger partial charge in [0.2, 0.25) is 10.0 Å². The van der Waals surface area contributed by atoms with Crippen molar-refractivity contribution >= 4 is 16.0 Å². The first kappa shape index (κ1) is 14.4. The largest absolute Gasteiger partial charge is 0.481 e. The molecule has 6 heteroatoms. The molecule has 0 saturated heterocycles. The Morgan fingerprint density at radius 2 is 2.12 bits per heavy atom. The Hall–Kier alpha value is -0.620. The van der Waals surface area contributed by atoms with Crippen molar-refractivity contribution in [2.45, 2.75) is 39.0 Å². The normalized spacial score (nSPS) is 25.7. The molecule has 2 unspecified atom stereocenters. The summed E-state index contributed by atoms with van der Waals surface area (Å²) in [6.45, 7) is 2.64. The van der Waals surface area contributed by atoms with Gasteiger partial charge in [0.15, 0.2) is 0 Å². The lowest BCUT2D eigenvalue weighted by Crippen LogP contribution is -2.33. The number of sulfonamides is 1. The van der Waals surface area contributed by atoms with E-state index in [0.29, 0.717) is 18.4 Å². The van der Waals surface area contributed by atoms with Gasteiger partial charge in [-0.05, 0) is 24.7 Å². The van der Waals surface area contributed by atoms with Crippen LogP contribution in [0, 0.1) is 11.8 Å². The third-order valence-electron chi connectivity index (χ3n) is 3.22. The minimum absolute atomic E-state index is 0.329. The Bertz CT molecular complexity index is 352. The van der Waals surface area contributed by atoms with Gasteiger partial charge in [0.1, 0.15) is 0 Å². The molecule has 1 saturated carbocycles. The lowest BCUT2D eigenvalue weighted by atomic mass is 9.83. The van der Waals surface area contributed by atoms with E-state index in [-0.39, 0.29) is 12.2 Å². The zero-order chi connectivity index (χ0) is 12.9. The van der Waals surface area contributed by atoms with Crippen LogP contribution in [0.3, 0.4) is 0 Å². The maximum atomic E-state index is 11.5. The van der Waals surface area contributed by atoms with Gasteiger partial charge in [0, 0.05) is 6.54 Å². The van der Waals surface area contributed by atoms with E-state index in [4.69, 9.17) is 5.11 Å². The minimum atomic E-state index is -3.42. The fourth-order valence-electron chi connectivity index (χ4n) is 2.28. The average Bonchev–Trinajstić information content (AvgIpc) is 2.24. The predicted octanol–water partition coefficient (Wildman–Crippen LogP) is 1.21. The van der Waals surface area contributed by atoms with Crippen LogP contribution in [0.5, 0.6) is 0 Å². The van der Waals surface area contributed by atoms with Crippen molar-refractivity contribution in [3.8, 4) is 0 Å². The maximum absolute atomic E-state index is 11.5. The Morgan fingerprint density at radius 1 is 1.41 bits per heavy atom. The average molecular weight is 263 g/mol. The molecule has 0 aromatic carbocycles. The maximum Gasteiger partial charge on any atom is 0.304 e. The molecule has 0 spiro atoms. The van der Waals surface area contributed by atoms with Crippen molar-refractivity contribution in [3.63, 3.8) is 0 Å². The van der Waals surface area contributed by atoms with Gasteiger partial charge in [-0.15, -0.1) is 0 Å². The summed E-state index contributed by atoms with van der Waals surface area (Å²) in [4.78, 5) is 10.3. The lowest BCUT2D eigenvalue weighted by Gasteiger charge is -2.26. The Morgan fingerprint density at radius 3 is 2.71 bits per heavy atom. The molecule has 100 valence electrons. The standard InChI is InChI=1S/C11H21NO4S/c1-9-3-2-4-10(7-9)8-12-17(15,16)6-5-11(13)14/h9-10,12H,2-8H2,1H3,(H,13,14). The van der Waals surface area contributed by atoms with Crippen LogP contribution < -0.4 is 4.72 Å². The second-order valence-electron chi connectivity index (χ2n) is 4.95. The molecule has 17 heavy (non-hydrogen) atoms. The van der Waals surface area contributed by atoms with E-state index in [9.17, 15) is 13.2 Å². The van der Waals surface area contributed by atoms with Crippen LogP contribution in [0.1, 0.15) is 39.0 Å². The van der Waals surface area contributed by atoms with Crippen molar-refractivity contribution in [1.82, 2.24) is 4.72 Å². The summed E-state index contributed by atoms with van der Waals surface area (Å²) < 4.78 is 25.5. The van der Waals surface area contributed by atoms with Crippen LogP contribution in [-0.2, 0) is 14.8 Å². The molecule has 0 radical (unpaired) electrons.